The molecule has 0 bridgehead atoms. The fraction of sp³-hybridized carbons (Fsp3) is 0.429. The Hall–Kier alpha value is -1.46. The largest absolute Gasteiger partial charge is 0.493 e. The summed E-state index contributed by atoms with van der Waals surface area (Å²) in [4.78, 5) is 0. The molecule has 0 saturated carbocycles. The van der Waals surface area contributed by atoms with Gasteiger partial charge in [0.1, 0.15) is 6.61 Å². The van der Waals surface area contributed by atoms with E-state index in [1.165, 1.54) is 0 Å². The van der Waals surface area contributed by atoms with Gasteiger partial charge in [0.15, 0.2) is 11.5 Å². The van der Waals surface area contributed by atoms with Crippen molar-refractivity contribution in [1.82, 2.24) is 5.32 Å². The molecule has 0 amide bonds. The number of halogens is 2. The van der Waals surface area contributed by atoms with Crippen LogP contribution in [0.2, 0.25) is 5.02 Å². The number of rotatable bonds is 11. The minimum absolute atomic E-state index is 0. The van der Waals surface area contributed by atoms with E-state index in [-0.39, 0.29) is 18.5 Å². The summed E-state index contributed by atoms with van der Waals surface area (Å²) in [6.07, 6.45) is 1.25. The summed E-state index contributed by atoms with van der Waals surface area (Å²) < 4.78 is 16.9. The number of hydrogen-bond acceptors (Lipinski definition) is 4. The zero-order chi connectivity index (χ0) is 18.8. The maximum absolute atomic E-state index is 6.42. The Labute approximate surface area is 173 Å². The van der Waals surface area contributed by atoms with Crippen molar-refractivity contribution in [1.29, 1.82) is 0 Å². The first-order valence-corrected chi connectivity index (χ1v) is 9.33. The summed E-state index contributed by atoms with van der Waals surface area (Å²) >= 11 is 6.42. The highest BCUT2D eigenvalue weighted by Gasteiger charge is 2.12. The number of benzene rings is 2. The standard InChI is InChI=1S/C21H28ClNO3.ClH/c1-16(2)25-11-7-10-23-14-18-12-19(22)21(20(13-18)24-3)26-15-17-8-5-4-6-9-17;/h4-6,8-9,12-13,16,23H,7,10-11,14-15H2,1-3H3;1H. The maximum Gasteiger partial charge on any atom is 0.180 e. The lowest BCUT2D eigenvalue weighted by Gasteiger charge is -2.15. The van der Waals surface area contributed by atoms with E-state index in [1.807, 2.05) is 56.3 Å². The van der Waals surface area contributed by atoms with Crippen LogP contribution in [0.3, 0.4) is 0 Å². The predicted molar refractivity (Wildman–Crippen MR) is 113 cm³/mol. The normalized spacial score (nSPS) is 10.6. The average molecular weight is 414 g/mol. The number of ether oxygens (including phenoxy) is 3. The first-order chi connectivity index (χ1) is 12.6. The van der Waals surface area contributed by atoms with Gasteiger partial charge in [0, 0.05) is 13.2 Å². The van der Waals surface area contributed by atoms with Crippen LogP contribution in [0.15, 0.2) is 42.5 Å². The van der Waals surface area contributed by atoms with E-state index in [0.29, 0.717) is 23.1 Å². The number of nitrogens with one attached hydrogen (secondary N) is 1. The van der Waals surface area contributed by atoms with E-state index in [1.54, 1.807) is 7.11 Å². The summed E-state index contributed by atoms with van der Waals surface area (Å²) in [5.41, 5.74) is 2.14. The van der Waals surface area contributed by atoms with Crippen molar-refractivity contribution in [3.05, 3.63) is 58.6 Å². The second-order valence-corrected chi connectivity index (χ2v) is 6.74. The Morgan fingerprint density at radius 2 is 1.81 bits per heavy atom. The van der Waals surface area contributed by atoms with Gasteiger partial charge in [-0.1, -0.05) is 41.9 Å². The molecule has 0 saturated heterocycles. The highest BCUT2D eigenvalue weighted by Crippen LogP contribution is 2.37. The molecule has 0 fully saturated rings. The second kappa shape index (κ2) is 12.8. The van der Waals surface area contributed by atoms with Crippen molar-refractivity contribution >= 4 is 24.0 Å². The van der Waals surface area contributed by atoms with Crippen molar-refractivity contribution in [3.8, 4) is 11.5 Å². The predicted octanol–water partition coefficient (Wildman–Crippen LogP) is 5.25. The molecule has 0 aromatic heterocycles. The van der Waals surface area contributed by atoms with Crippen LogP contribution in [0, 0.1) is 0 Å². The fourth-order valence-corrected chi connectivity index (χ4v) is 2.78. The van der Waals surface area contributed by atoms with Crippen molar-refractivity contribution in [3.63, 3.8) is 0 Å². The third kappa shape index (κ3) is 8.39. The van der Waals surface area contributed by atoms with Gasteiger partial charge in [-0.2, -0.15) is 0 Å². The highest BCUT2D eigenvalue weighted by atomic mass is 35.5. The maximum atomic E-state index is 6.42. The van der Waals surface area contributed by atoms with Gasteiger partial charge in [-0.05, 0) is 50.1 Å². The molecule has 0 spiro atoms. The molecule has 0 aliphatic carbocycles. The molecule has 2 aromatic carbocycles. The highest BCUT2D eigenvalue weighted by molar-refractivity contribution is 6.32. The van der Waals surface area contributed by atoms with Crippen LogP contribution in [0.1, 0.15) is 31.4 Å². The van der Waals surface area contributed by atoms with Crippen LogP contribution in [-0.2, 0) is 17.9 Å². The van der Waals surface area contributed by atoms with E-state index in [2.05, 4.69) is 5.32 Å². The zero-order valence-electron chi connectivity index (χ0n) is 16.2. The number of methoxy groups -OCH3 is 1. The SMILES string of the molecule is COc1cc(CNCCCOC(C)C)cc(Cl)c1OCc1ccccc1.Cl. The molecule has 2 rings (SSSR count). The van der Waals surface area contributed by atoms with E-state index in [0.717, 1.165) is 37.2 Å². The van der Waals surface area contributed by atoms with Gasteiger partial charge in [0.25, 0.3) is 0 Å². The Balaban J connectivity index is 0.00000364. The van der Waals surface area contributed by atoms with Crippen molar-refractivity contribution < 1.29 is 14.2 Å². The molecular weight excluding hydrogens is 385 g/mol. The molecule has 0 heterocycles. The quantitative estimate of drug-likeness (QED) is 0.510. The monoisotopic (exact) mass is 413 g/mol. The van der Waals surface area contributed by atoms with Crippen molar-refractivity contribution in [2.24, 2.45) is 0 Å². The zero-order valence-corrected chi connectivity index (χ0v) is 17.7. The molecule has 150 valence electrons. The summed E-state index contributed by atoms with van der Waals surface area (Å²) in [5, 5.41) is 3.95. The molecule has 0 aliphatic rings. The van der Waals surface area contributed by atoms with E-state index in [9.17, 15) is 0 Å². The first-order valence-electron chi connectivity index (χ1n) is 8.95. The van der Waals surface area contributed by atoms with E-state index < -0.39 is 0 Å². The third-order valence-electron chi connectivity index (χ3n) is 3.79. The van der Waals surface area contributed by atoms with Gasteiger partial charge in [0.05, 0.1) is 18.2 Å². The van der Waals surface area contributed by atoms with Crippen LogP contribution < -0.4 is 14.8 Å². The topological polar surface area (TPSA) is 39.7 Å². The van der Waals surface area contributed by atoms with E-state index >= 15 is 0 Å². The smallest absolute Gasteiger partial charge is 0.180 e. The van der Waals surface area contributed by atoms with Gasteiger partial charge < -0.3 is 19.5 Å². The summed E-state index contributed by atoms with van der Waals surface area (Å²) in [6, 6.07) is 13.9. The van der Waals surface area contributed by atoms with Crippen LogP contribution in [0.5, 0.6) is 11.5 Å². The Bertz CT molecular complexity index is 666. The third-order valence-corrected chi connectivity index (χ3v) is 4.07. The summed E-state index contributed by atoms with van der Waals surface area (Å²) in [7, 11) is 1.63. The molecule has 0 atom stereocenters. The molecule has 0 radical (unpaired) electrons. The van der Waals surface area contributed by atoms with Gasteiger partial charge >= 0.3 is 0 Å². The van der Waals surface area contributed by atoms with Crippen LogP contribution >= 0.6 is 24.0 Å². The average Bonchev–Trinajstić information content (AvgIpc) is 2.63. The molecule has 4 nitrogen and oxygen atoms in total. The Morgan fingerprint density at radius 1 is 1.07 bits per heavy atom. The lowest BCUT2D eigenvalue weighted by Crippen LogP contribution is -2.17. The second-order valence-electron chi connectivity index (χ2n) is 6.33. The Morgan fingerprint density at radius 3 is 2.48 bits per heavy atom. The van der Waals surface area contributed by atoms with Crippen molar-refractivity contribution in [2.75, 3.05) is 20.3 Å². The molecule has 27 heavy (non-hydrogen) atoms. The molecular formula is C21H29Cl2NO3. The molecule has 0 unspecified atom stereocenters. The summed E-state index contributed by atoms with van der Waals surface area (Å²) in [5.74, 6) is 1.22. The van der Waals surface area contributed by atoms with Crippen LogP contribution in [-0.4, -0.2) is 26.4 Å². The van der Waals surface area contributed by atoms with Crippen LogP contribution in [0.4, 0.5) is 0 Å². The first kappa shape index (κ1) is 23.6. The van der Waals surface area contributed by atoms with Gasteiger partial charge in [-0.15, -0.1) is 12.4 Å². The minimum atomic E-state index is 0. The lowest BCUT2D eigenvalue weighted by atomic mass is 10.2. The van der Waals surface area contributed by atoms with Gasteiger partial charge in [0.2, 0.25) is 0 Å². The fourth-order valence-electron chi connectivity index (χ4n) is 2.49. The summed E-state index contributed by atoms with van der Waals surface area (Å²) in [6.45, 7) is 6.91. The molecule has 6 heteroatoms. The molecule has 1 N–H and O–H groups in total. The molecule has 2 aromatic rings. The molecule has 0 aliphatic heterocycles. The van der Waals surface area contributed by atoms with Gasteiger partial charge in [-0.3, -0.25) is 0 Å². The minimum Gasteiger partial charge on any atom is -0.493 e. The van der Waals surface area contributed by atoms with Gasteiger partial charge in [-0.25, -0.2) is 0 Å². The Kier molecular flexibility index (Phi) is 11.2. The number of hydrogen-bond donors (Lipinski definition) is 1. The van der Waals surface area contributed by atoms with Crippen molar-refractivity contribution in [2.45, 2.75) is 39.5 Å². The van der Waals surface area contributed by atoms with E-state index in [4.69, 9.17) is 25.8 Å². The lowest BCUT2D eigenvalue weighted by molar-refractivity contribution is 0.0770. The van der Waals surface area contributed by atoms with Crippen LogP contribution in [0.25, 0.3) is 0 Å².